The van der Waals surface area contributed by atoms with E-state index in [1.165, 1.54) is 0 Å². The molecule has 0 heterocycles. The molecule has 0 saturated carbocycles. The highest BCUT2D eigenvalue weighted by Crippen LogP contribution is 2.20. The molecule has 7 heteroatoms. The van der Waals surface area contributed by atoms with E-state index in [1.807, 2.05) is 12.1 Å². The summed E-state index contributed by atoms with van der Waals surface area (Å²) in [6.07, 6.45) is -4.28. The van der Waals surface area contributed by atoms with Crippen LogP contribution in [-0.2, 0) is 0 Å². The molecule has 1 aromatic rings. The SMILES string of the molecule is CN(CCCOc1ccccc1C(N)=S)CCC(F)(F)F. The molecule has 0 aliphatic carbocycles. The number of nitrogens with zero attached hydrogens (tertiary/aromatic N) is 1. The first-order chi connectivity index (χ1) is 9.79. The van der Waals surface area contributed by atoms with Crippen LogP contribution in [0.25, 0.3) is 0 Å². The number of hydrogen-bond donors (Lipinski definition) is 1. The van der Waals surface area contributed by atoms with E-state index in [-0.39, 0.29) is 11.5 Å². The lowest BCUT2D eigenvalue weighted by Crippen LogP contribution is -2.26. The Balaban J connectivity index is 2.30. The Labute approximate surface area is 127 Å². The number of para-hydroxylation sites is 1. The van der Waals surface area contributed by atoms with Crippen LogP contribution < -0.4 is 10.5 Å². The number of alkyl halides is 3. The summed E-state index contributed by atoms with van der Waals surface area (Å²) in [6.45, 7) is 0.925. The van der Waals surface area contributed by atoms with E-state index in [2.05, 4.69) is 0 Å². The van der Waals surface area contributed by atoms with Gasteiger partial charge in [0, 0.05) is 13.1 Å². The van der Waals surface area contributed by atoms with Gasteiger partial charge in [0.25, 0.3) is 0 Å². The van der Waals surface area contributed by atoms with Crippen molar-refractivity contribution in [2.24, 2.45) is 5.73 Å². The van der Waals surface area contributed by atoms with Crippen molar-refractivity contribution in [1.29, 1.82) is 0 Å². The maximum Gasteiger partial charge on any atom is 0.390 e. The minimum absolute atomic E-state index is 0.00697. The molecule has 21 heavy (non-hydrogen) atoms. The topological polar surface area (TPSA) is 38.5 Å². The first kappa shape index (κ1) is 17.7. The second-order valence-electron chi connectivity index (χ2n) is 4.73. The lowest BCUT2D eigenvalue weighted by Gasteiger charge is -2.18. The van der Waals surface area contributed by atoms with Crippen LogP contribution in [0, 0.1) is 0 Å². The van der Waals surface area contributed by atoms with Crippen LogP contribution in [0.4, 0.5) is 13.2 Å². The molecule has 1 rings (SSSR count). The summed E-state index contributed by atoms with van der Waals surface area (Å²) in [5, 5.41) is 0. The Hall–Kier alpha value is -1.34. The molecule has 0 aromatic heterocycles. The molecule has 0 atom stereocenters. The number of hydrogen-bond acceptors (Lipinski definition) is 3. The van der Waals surface area contributed by atoms with E-state index in [0.29, 0.717) is 30.9 Å². The van der Waals surface area contributed by atoms with Crippen molar-refractivity contribution in [1.82, 2.24) is 4.90 Å². The molecule has 0 aliphatic heterocycles. The zero-order valence-corrected chi connectivity index (χ0v) is 12.6. The molecule has 0 unspecified atom stereocenters. The molecule has 2 N–H and O–H groups in total. The summed E-state index contributed by atoms with van der Waals surface area (Å²) in [5.41, 5.74) is 6.25. The fraction of sp³-hybridized carbons (Fsp3) is 0.500. The number of halogens is 3. The van der Waals surface area contributed by atoms with E-state index in [4.69, 9.17) is 22.7 Å². The monoisotopic (exact) mass is 320 g/mol. The molecule has 0 fully saturated rings. The van der Waals surface area contributed by atoms with Gasteiger partial charge in [-0.05, 0) is 25.6 Å². The zero-order chi connectivity index (χ0) is 15.9. The van der Waals surface area contributed by atoms with Crippen LogP contribution in [-0.4, -0.2) is 42.8 Å². The summed E-state index contributed by atoms with van der Waals surface area (Å²) < 4.78 is 41.8. The van der Waals surface area contributed by atoms with Crippen molar-refractivity contribution in [3.8, 4) is 5.75 Å². The maximum absolute atomic E-state index is 12.1. The van der Waals surface area contributed by atoms with Crippen LogP contribution in [0.2, 0.25) is 0 Å². The molecule has 3 nitrogen and oxygen atoms in total. The van der Waals surface area contributed by atoms with Crippen molar-refractivity contribution in [2.75, 3.05) is 26.7 Å². The number of ether oxygens (including phenoxy) is 1. The van der Waals surface area contributed by atoms with Gasteiger partial charge < -0.3 is 15.4 Å². The number of benzene rings is 1. The van der Waals surface area contributed by atoms with Crippen molar-refractivity contribution in [3.05, 3.63) is 29.8 Å². The molecule has 0 bridgehead atoms. The predicted octanol–water partition coefficient (Wildman–Crippen LogP) is 2.97. The second kappa shape index (κ2) is 8.19. The van der Waals surface area contributed by atoms with Crippen LogP contribution in [0.1, 0.15) is 18.4 Å². The Morgan fingerprint density at radius 3 is 2.57 bits per heavy atom. The van der Waals surface area contributed by atoms with E-state index >= 15 is 0 Å². The third-order valence-electron chi connectivity index (χ3n) is 2.87. The Morgan fingerprint density at radius 2 is 1.95 bits per heavy atom. The van der Waals surface area contributed by atoms with Crippen molar-refractivity contribution in [2.45, 2.75) is 19.0 Å². The molecular formula is C14H19F3N2OS. The minimum Gasteiger partial charge on any atom is -0.493 e. The summed E-state index contributed by atoms with van der Waals surface area (Å²) >= 11 is 4.92. The van der Waals surface area contributed by atoms with Gasteiger partial charge >= 0.3 is 6.18 Å². The lowest BCUT2D eigenvalue weighted by atomic mass is 10.2. The molecule has 0 radical (unpaired) electrons. The van der Waals surface area contributed by atoms with Crippen molar-refractivity contribution >= 4 is 17.2 Å². The standard InChI is InChI=1S/C14H19F3N2OS/c1-19(9-7-14(15,16)17)8-4-10-20-12-6-3-2-5-11(12)13(18)21/h2-3,5-6H,4,7-10H2,1H3,(H2,18,21). The fourth-order valence-corrected chi connectivity index (χ4v) is 1.91. The summed E-state index contributed by atoms with van der Waals surface area (Å²) in [5.74, 6) is 0.600. The Kier molecular flexibility index (Phi) is 6.91. The summed E-state index contributed by atoms with van der Waals surface area (Å²) in [4.78, 5) is 1.89. The average molecular weight is 320 g/mol. The maximum atomic E-state index is 12.1. The van der Waals surface area contributed by atoms with E-state index in [9.17, 15) is 13.2 Å². The van der Waals surface area contributed by atoms with Gasteiger partial charge in [-0.15, -0.1) is 0 Å². The second-order valence-corrected chi connectivity index (χ2v) is 5.17. The number of nitrogens with two attached hydrogens (primary N) is 1. The number of rotatable bonds is 8. The van der Waals surface area contributed by atoms with E-state index in [0.717, 1.165) is 0 Å². The van der Waals surface area contributed by atoms with Gasteiger partial charge in [-0.3, -0.25) is 0 Å². The van der Waals surface area contributed by atoms with Gasteiger partial charge in [-0.25, -0.2) is 0 Å². The average Bonchev–Trinajstić information content (AvgIpc) is 2.41. The first-order valence-electron chi connectivity index (χ1n) is 6.56. The summed E-state index contributed by atoms with van der Waals surface area (Å²) in [7, 11) is 1.66. The van der Waals surface area contributed by atoms with Gasteiger partial charge in [0.2, 0.25) is 0 Å². The van der Waals surface area contributed by atoms with Gasteiger partial charge in [0.05, 0.1) is 18.6 Å². The molecule has 0 amide bonds. The highest BCUT2D eigenvalue weighted by molar-refractivity contribution is 7.80. The highest BCUT2D eigenvalue weighted by Gasteiger charge is 2.26. The van der Waals surface area contributed by atoms with E-state index in [1.54, 1.807) is 24.1 Å². The van der Waals surface area contributed by atoms with Crippen LogP contribution in [0.15, 0.2) is 24.3 Å². The third-order valence-corrected chi connectivity index (χ3v) is 3.09. The largest absolute Gasteiger partial charge is 0.493 e. The first-order valence-corrected chi connectivity index (χ1v) is 6.97. The van der Waals surface area contributed by atoms with Gasteiger partial charge in [0.1, 0.15) is 10.7 Å². The smallest absolute Gasteiger partial charge is 0.390 e. The van der Waals surface area contributed by atoms with Gasteiger partial charge in [0.15, 0.2) is 0 Å². The quantitative estimate of drug-likeness (QED) is 0.590. The normalized spacial score (nSPS) is 11.7. The Bertz CT molecular complexity index is 466. The van der Waals surface area contributed by atoms with E-state index < -0.39 is 12.6 Å². The van der Waals surface area contributed by atoms with Crippen molar-refractivity contribution in [3.63, 3.8) is 0 Å². The molecular weight excluding hydrogens is 301 g/mol. The van der Waals surface area contributed by atoms with Crippen molar-refractivity contribution < 1.29 is 17.9 Å². The zero-order valence-electron chi connectivity index (χ0n) is 11.8. The van der Waals surface area contributed by atoms with Crippen LogP contribution in [0.5, 0.6) is 5.75 Å². The summed E-state index contributed by atoms with van der Waals surface area (Å²) in [6, 6.07) is 7.16. The molecule has 1 aromatic carbocycles. The van der Waals surface area contributed by atoms with Gasteiger partial charge in [-0.1, -0.05) is 24.4 Å². The predicted molar refractivity (Wildman–Crippen MR) is 80.6 cm³/mol. The van der Waals surface area contributed by atoms with Crippen LogP contribution in [0.3, 0.4) is 0 Å². The minimum atomic E-state index is -4.11. The fourth-order valence-electron chi connectivity index (χ4n) is 1.74. The molecule has 118 valence electrons. The number of thiocarbonyl (C=S) groups is 1. The Morgan fingerprint density at radius 1 is 1.29 bits per heavy atom. The molecule has 0 aliphatic rings. The van der Waals surface area contributed by atoms with Crippen LogP contribution >= 0.6 is 12.2 Å². The highest BCUT2D eigenvalue weighted by atomic mass is 32.1. The lowest BCUT2D eigenvalue weighted by molar-refractivity contribution is -0.137. The van der Waals surface area contributed by atoms with Gasteiger partial charge in [-0.2, -0.15) is 13.2 Å². The molecule has 0 spiro atoms. The third kappa shape index (κ3) is 7.29. The molecule has 0 saturated heterocycles.